The third-order valence-corrected chi connectivity index (χ3v) is 5.49. The van der Waals surface area contributed by atoms with Crippen LogP contribution in [-0.2, 0) is 13.6 Å². The predicted octanol–water partition coefficient (Wildman–Crippen LogP) is 1.90. The molecule has 1 fully saturated rings. The van der Waals surface area contributed by atoms with Crippen LogP contribution in [0.25, 0.3) is 11.2 Å². The number of nitrogens with one attached hydrogen (secondary N) is 2. The van der Waals surface area contributed by atoms with Gasteiger partial charge in [0.15, 0.2) is 11.2 Å². The Morgan fingerprint density at radius 1 is 1.21 bits per heavy atom. The van der Waals surface area contributed by atoms with Gasteiger partial charge < -0.3 is 15.0 Å². The van der Waals surface area contributed by atoms with Gasteiger partial charge in [0, 0.05) is 13.1 Å². The van der Waals surface area contributed by atoms with Crippen LogP contribution in [0.1, 0.15) is 43.8 Å². The first-order valence-electron chi connectivity index (χ1n) is 9.73. The van der Waals surface area contributed by atoms with Gasteiger partial charge in [-0.05, 0) is 18.4 Å². The minimum absolute atomic E-state index is 0.164. The van der Waals surface area contributed by atoms with Crippen LogP contribution in [0.4, 0.5) is 5.95 Å². The second-order valence-electron chi connectivity index (χ2n) is 7.44. The first-order valence-corrected chi connectivity index (χ1v) is 9.73. The first kappa shape index (κ1) is 18.5. The van der Waals surface area contributed by atoms with Gasteiger partial charge >= 0.3 is 5.69 Å². The molecule has 2 aromatic heterocycles. The molecule has 1 atom stereocenters. The van der Waals surface area contributed by atoms with Gasteiger partial charge in [0.05, 0.1) is 12.6 Å². The van der Waals surface area contributed by atoms with E-state index in [0.29, 0.717) is 11.6 Å². The van der Waals surface area contributed by atoms with Crippen molar-refractivity contribution in [2.24, 2.45) is 7.05 Å². The minimum Gasteiger partial charge on any atom is -0.387 e. The van der Waals surface area contributed by atoms with E-state index in [4.69, 9.17) is 0 Å². The summed E-state index contributed by atoms with van der Waals surface area (Å²) in [6.45, 7) is 0.164. The summed E-state index contributed by atoms with van der Waals surface area (Å²) in [6.07, 6.45) is 4.82. The highest BCUT2D eigenvalue weighted by Gasteiger charge is 2.22. The van der Waals surface area contributed by atoms with Crippen LogP contribution in [0.5, 0.6) is 0 Å². The van der Waals surface area contributed by atoms with Gasteiger partial charge in [-0.1, -0.05) is 49.6 Å². The number of fused-ring (bicyclic) bond motifs is 1. The van der Waals surface area contributed by atoms with Crippen molar-refractivity contribution in [3.05, 3.63) is 56.7 Å². The lowest BCUT2D eigenvalue weighted by Crippen LogP contribution is -2.29. The van der Waals surface area contributed by atoms with Crippen LogP contribution < -0.4 is 16.6 Å². The van der Waals surface area contributed by atoms with Crippen molar-refractivity contribution >= 4 is 17.1 Å². The van der Waals surface area contributed by atoms with Crippen molar-refractivity contribution < 1.29 is 5.11 Å². The Hall–Kier alpha value is -2.87. The summed E-state index contributed by atoms with van der Waals surface area (Å²) in [4.78, 5) is 31.4. The number of nitrogens with zero attached hydrogens (tertiary/aromatic N) is 3. The van der Waals surface area contributed by atoms with Crippen LogP contribution >= 0.6 is 0 Å². The zero-order chi connectivity index (χ0) is 19.7. The largest absolute Gasteiger partial charge is 0.387 e. The monoisotopic (exact) mass is 383 g/mol. The van der Waals surface area contributed by atoms with E-state index in [1.165, 1.54) is 11.0 Å². The molecular formula is C20H25N5O3. The lowest BCUT2D eigenvalue weighted by atomic mass is 9.96. The molecule has 0 saturated heterocycles. The van der Waals surface area contributed by atoms with E-state index in [1.807, 2.05) is 30.3 Å². The predicted molar refractivity (Wildman–Crippen MR) is 107 cm³/mol. The van der Waals surface area contributed by atoms with E-state index >= 15 is 0 Å². The van der Waals surface area contributed by atoms with Gasteiger partial charge in [-0.3, -0.25) is 14.3 Å². The molecule has 3 aromatic rings. The van der Waals surface area contributed by atoms with Gasteiger partial charge in [0.1, 0.15) is 0 Å². The number of imidazole rings is 1. The Bertz CT molecular complexity index is 1080. The van der Waals surface area contributed by atoms with Crippen LogP contribution in [0.15, 0.2) is 39.9 Å². The number of aromatic nitrogens is 4. The maximum absolute atomic E-state index is 12.6. The van der Waals surface area contributed by atoms with Gasteiger partial charge in [-0.15, -0.1) is 0 Å². The molecule has 8 heteroatoms. The number of hydrogen-bond acceptors (Lipinski definition) is 5. The summed E-state index contributed by atoms with van der Waals surface area (Å²) >= 11 is 0. The van der Waals surface area contributed by atoms with E-state index in [1.54, 1.807) is 11.6 Å². The molecule has 0 spiro atoms. The van der Waals surface area contributed by atoms with Crippen molar-refractivity contribution in [1.29, 1.82) is 0 Å². The number of rotatable bonds is 5. The molecule has 148 valence electrons. The summed E-state index contributed by atoms with van der Waals surface area (Å²) in [7, 11) is 1.58. The van der Waals surface area contributed by atoms with Crippen molar-refractivity contribution in [1.82, 2.24) is 19.1 Å². The van der Waals surface area contributed by atoms with Gasteiger partial charge in [-0.2, -0.15) is 4.98 Å². The molecule has 2 heterocycles. The Kier molecular flexibility index (Phi) is 5.04. The Morgan fingerprint density at radius 2 is 1.93 bits per heavy atom. The van der Waals surface area contributed by atoms with E-state index in [9.17, 15) is 14.7 Å². The molecule has 1 aromatic carbocycles. The number of anilines is 1. The van der Waals surface area contributed by atoms with Crippen LogP contribution in [0.2, 0.25) is 0 Å². The molecule has 28 heavy (non-hydrogen) atoms. The lowest BCUT2D eigenvalue weighted by molar-refractivity contribution is 0.158. The summed E-state index contributed by atoms with van der Waals surface area (Å²) in [6, 6.07) is 9.58. The summed E-state index contributed by atoms with van der Waals surface area (Å²) < 4.78 is 3.02. The quantitative estimate of drug-likeness (QED) is 0.624. The molecule has 8 nitrogen and oxygen atoms in total. The summed E-state index contributed by atoms with van der Waals surface area (Å²) in [5.41, 5.74) is 0.356. The van der Waals surface area contributed by atoms with E-state index < -0.39 is 17.4 Å². The number of aliphatic hydroxyl groups is 1. The number of aryl methyl sites for hydroxylation is 1. The zero-order valence-electron chi connectivity index (χ0n) is 15.9. The number of aliphatic hydroxyl groups excluding tert-OH is 1. The third-order valence-electron chi connectivity index (χ3n) is 5.49. The third kappa shape index (κ3) is 3.47. The normalized spacial score (nSPS) is 16.4. The van der Waals surface area contributed by atoms with Crippen molar-refractivity contribution in [3.8, 4) is 0 Å². The zero-order valence-corrected chi connectivity index (χ0v) is 15.9. The summed E-state index contributed by atoms with van der Waals surface area (Å²) in [5, 5.41) is 14.2. The van der Waals surface area contributed by atoms with Crippen LogP contribution in [-0.4, -0.2) is 30.3 Å². The second kappa shape index (κ2) is 7.63. The maximum Gasteiger partial charge on any atom is 0.329 e. The fourth-order valence-electron chi connectivity index (χ4n) is 3.91. The number of benzene rings is 1. The molecular weight excluding hydrogens is 358 g/mol. The fourth-order valence-corrected chi connectivity index (χ4v) is 3.91. The number of H-pyrrole nitrogens is 1. The Balaban J connectivity index is 1.79. The number of aromatic amines is 1. The standard InChI is InChI=1S/C20H25N5O3/c1-24-17-16(18(27)23-20(24)28)25(12-15(26)13-8-4-2-5-9-13)19(22-17)21-14-10-6-3-7-11-14/h2,4-5,8-9,14-15,26H,3,6-7,10-12H2,1H3,(H,21,22)(H,23,27,28)/t15-/m0/s1. The molecule has 1 aliphatic rings. The topological polar surface area (TPSA) is 105 Å². The average Bonchev–Trinajstić information content (AvgIpc) is 3.06. The minimum atomic E-state index is -0.804. The molecule has 3 N–H and O–H groups in total. The van der Waals surface area contributed by atoms with Crippen LogP contribution in [0, 0.1) is 0 Å². The summed E-state index contributed by atoms with van der Waals surface area (Å²) in [5.74, 6) is 0.517. The average molecular weight is 383 g/mol. The highest BCUT2D eigenvalue weighted by Crippen LogP contribution is 2.25. The molecule has 1 aliphatic carbocycles. The molecule has 0 bridgehead atoms. The molecule has 0 unspecified atom stereocenters. The smallest absolute Gasteiger partial charge is 0.329 e. The SMILES string of the molecule is Cn1c(=O)[nH]c(=O)c2c1nc(NC1CCCCC1)n2C[C@H](O)c1ccccc1. The second-order valence-corrected chi connectivity index (χ2v) is 7.44. The van der Waals surface area contributed by atoms with Crippen molar-refractivity contribution in [2.75, 3.05) is 5.32 Å². The molecule has 4 rings (SSSR count). The van der Waals surface area contributed by atoms with E-state index in [0.717, 1.165) is 31.2 Å². The lowest BCUT2D eigenvalue weighted by Gasteiger charge is -2.24. The Labute approximate surface area is 161 Å². The fraction of sp³-hybridized carbons (Fsp3) is 0.450. The van der Waals surface area contributed by atoms with Gasteiger partial charge in [0.25, 0.3) is 5.56 Å². The van der Waals surface area contributed by atoms with Gasteiger partial charge in [0.2, 0.25) is 5.95 Å². The molecule has 0 amide bonds. The highest BCUT2D eigenvalue weighted by atomic mass is 16.3. The first-order chi connectivity index (χ1) is 13.5. The molecule has 0 aliphatic heterocycles. The van der Waals surface area contributed by atoms with E-state index in [2.05, 4.69) is 15.3 Å². The van der Waals surface area contributed by atoms with Crippen molar-refractivity contribution in [2.45, 2.75) is 50.8 Å². The molecule has 0 radical (unpaired) electrons. The Morgan fingerprint density at radius 3 is 2.64 bits per heavy atom. The van der Waals surface area contributed by atoms with Crippen molar-refractivity contribution in [3.63, 3.8) is 0 Å². The van der Waals surface area contributed by atoms with Gasteiger partial charge in [-0.25, -0.2) is 4.79 Å². The number of hydrogen-bond donors (Lipinski definition) is 3. The van der Waals surface area contributed by atoms with Crippen LogP contribution in [0.3, 0.4) is 0 Å². The highest BCUT2D eigenvalue weighted by molar-refractivity contribution is 5.74. The maximum atomic E-state index is 12.6. The molecule has 1 saturated carbocycles. The van der Waals surface area contributed by atoms with E-state index in [-0.39, 0.29) is 18.1 Å².